The molecule has 0 amide bonds. The van der Waals surface area contributed by atoms with E-state index in [9.17, 15) is 5.11 Å². The zero-order chi connectivity index (χ0) is 27.1. The molecule has 1 atom stereocenters. The van der Waals surface area contributed by atoms with Crippen LogP contribution < -0.4 is 0 Å². The van der Waals surface area contributed by atoms with Gasteiger partial charge in [0.1, 0.15) is 5.82 Å². The molecule has 0 bridgehead atoms. The Morgan fingerprint density at radius 1 is 0.744 bits per heavy atom. The molecule has 1 unspecified atom stereocenters. The number of aromatic nitrogens is 5. The van der Waals surface area contributed by atoms with Crippen molar-refractivity contribution in [3.63, 3.8) is 0 Å². The number of hydrogen-bond donors (Lipinski definition) is 1. The summed E-state index contributed by atoms with van der Waals surface area (Å²) in [5.41, 5.74) is 3.09. The lowest BCUT2D eigenvalue weighted by Crippen LogP contribution is -2.36. The highest BCUT2D eigenvalue weighted by Gasteiger charge is 2.15. The van der Waals surface area contributed by atoms with Gasteiger partial charge in [0.15, 0.2) is 0 Å². The van der Waals surface area contributed by atoms with Gasteiger partial charge in [0.2, 0.25) is 0 Å². The first-order valence-electron chi connectivity index (χ1n) is 13.5. The van der Waals surface area contributed by atoms with Gasteiger partial charge in [-0.1, -0.05) is 18.2 Å². The molecular formula is C30H38N8O. The van der Waals surface area contributed by atoms with E-state index in [0.29, 0.717) is 19.4 Å². The fraction of sp³-hybridized carbons (Fsp3) is 0.367. The van der Waals surface area contributed by atoms with Crippen LogP contribution in [-0.2, 0) is 26.7 Å². The van der Waals surface area contributed by atoms with Crippen LogP contribution in [0.15, 0.2) is 90.6 Å². The lowest BCUT2D eigenvalue weighted by Gasteiger charge is -2.28. The number of rotatable bonds is 16. The molecular weight excluding hydrogens is 488 g/mol. The average Bonchev–Trinajstić information content (AvgIpc) is 3.38. The summed E-state index contributed by atoms with van der Waals surface area (Å²) in [5.74, 6) is 0.812. The standard InChI is InChI=1S/C30H38N8O/c1-36-19-17-35-30(36)22-31-16-11-29(39)12-18-37(23-26-8-2-5-13-32-26)20-21-38(24-27-9-3-6-14-33-27)25-28-10-4-7-15-34-28/h2-10,13-15,17,19,22,29,39H,11-12,16,18,20-21,23-25H2,1H3. The van der Waals surface area contributed by atoms with Crippen LogP contribution in [-0.4, -0.2) is 77.9 Å². The zero-order valence-electron chi connectivity index (χ0n) is 22.6. The van der Waals surface area contributed by atoms with Gasteiger partial charge in [-0.2, -0.15) is 0 Å². The van der Waals surface area contributed by atoms with Gasteiger partial charge in [-0.3, -0.25) is 29.7 Å². The molecule has 1 N–H and O–H groups in total. The first-order valence-corrected chi connectivity index (χ1v) is 13.5. The molecule has 0 aliphatic carbocycles. The number of aliphatic hydroxyl groups excluding tert-OH is 1. The Labute approximate surface area is 230 Å². The quantitative estimate of drug-likeness (QED) is 0.224. The van der Waals surface area contributed by atoms with Crippen LogP contribution in [0.5, 0.6) is 0 Å². The maximum absolute atomic E-state index is 10.7. The summed E-state index contributed by atoms with van der Waals surface area (Å²) < 4.78 is 1.92. The summed E-state index contributed by atoms with van der Waals surface area (Å²) >= 11 is 0. The summed E-state index contributed by atoms with van der Waals surface area (Å²) in [4.78, 5) is 27.0. The molecule has 0 aromatic carbocycles. The normalized spacial score (nSPS) is 12.5. The van der Waals surface area contributed by atoms with Crippen molar-refractivity contribution in [3.05, 3.63) is 108 Å². The van der Waals surface area contributed by atoms with Gasteiger partial charge in [0, 0.05) is 83.8 Å². The van der Waals surface area contributed by atoms with Crippen molar-refractivity contribution in [2.24, 2.45) is 12.0 Å². The molecule has 9 heteroatoms. The molecule has 4 heterocycles. The number of hydrogen-bond acceptors (Lipinski definition) is 8. The average molecular weight is 527 g/mol. The molecule has 4 aromatic heterocycles. The van der Waals surface area contributed by atoms with Gasteiger partial charge in [0.05, 0.1) is 29.4 Å². The van der Waals surface area contributed by atoms with Crippen molar-refractivity contribution in [2.75, 3.05) is 26.2 Å². The second-order valence-corrected chi connectivity index (χ2v) is 9.61. The lowest BCUT2D eigenvalue weighted by molar-refractivity contribution is 0.123. The van der Waals surface area contributed by atoms with Crippen molar-refractivity contribution >= 4 is 6.21 Å². The predicted octanol–water partition coefficient (Wildman–Crippen LogP) is 3.37. The maximum atomic E-state index is 10.7. The van der Waals surface area contributed by atoms with Gasteiger partial charge in [-0.25, -0.2) is 4.98 Å². The second-order valence-electron chi connectivity index (χ2n) is 9.61. The van der Waals surface area contributed by atoms with Crippen LogP contribution in [0, 0.1) is 0 Å². The number of aliphatic hydroxyl groups is 1. The Morgan fingerprint density at radius 3 is 1.82 bits per heavy atom. The second kappa shape index (κ2) is 15.6. The van der Waals surface area contributed by atoms with Crippen LogP contribution in [0.2, 0.25) is 0 Å². The van der Waals surface area contributed by atoms with E-state index < -0.39 is 6.10 Å². The van der Waals surface area contributed by atoms with Crippen molar-refractivity contribution < 1.29 is 5.11 Å². The highest BCUT2D eigenvalue weighted by atomic mass is 16.3. The largest absolute Gasteiger partial charge is 0.393 e. The van der Waals surface area contributed by atoms with Crippen molar-refractivity contribution in [1.82, 2.24) is 34.3 Å². The summed E-state index contributed by atoms with van der Waals surface area (Å²) in [5, 5.41) is 10.7. The maximum Gasteiger partial charge on any atom is 0.150 e. The van der Waals surface area contributed by atoms with Crippen LogP contribution >= 0.6 is 0 Å². The minimum Gasteiger partial charge on any atom is -0.393 e. The van der Waals surface area contributed by atoms with E-state index in [4.69, 9.17) is 0 Å². The van der Waals surface area contributed by atoms with Crippen molar-refractivity contribution in [2.45, 2.75) is 38.6 Å². The molecule has 4 rings (SSSR count). The van der Waals surface area contributed by atoms with E-state index in [1.807, 2.05) is 72.8 Å². The van der Waals surface area contributed by atoms with E-state index in [-0.39, 0.29) is 0 Å². The Bertz CT molecular complexity index is 1190. The fourth-order valence-corrected chi connectivity index (χ4v) is 4.28. The van der Waals surface area contributed by atoms with Crippen molar-refractivity contribution in [1.29, 1.82) is 0 Å². The Hall–Kier alpha value is -3.79. The Balaban J connectivity index is 1.34. The highest BCUT2D eigenvalue weighted by Crippen LogP contribution is 2.10. The monoisotopic (exact) mass is 526 g/mol. The fourth-order valence-electron chi connectivity index (χ4n) is 4.28. The van der Waals surface area contributed by atoms with E-state index in [0.717, 1.165) is 62.2 Å². The molecule has 0 aliphatic heterocycles. The van der Waals surface area contributed by atoms with Crippen LogP contribution in [0.1, 0.15) is 35.7 Å². The summed E-state index contributed by atoms with van der Waals surface area (Å²) in [6.45, 7) is 5.21. The van der Waals surface area contributed by atoms with Crippen LogP contribution in [0.4, 0.5) is 0 Å². The van der Waals surface area contributed by atoms with Gasteiger partial charge in [0.25, 0.3) is 0 Å². The highest BCUT2D eigenvalue weighted by molar-refractivity contribution is 5.74. The molecule has 0 saturated carbocycles. The number of aliphatic imine (C=N–C) groups is 1. The predicted molar refractivity (Wildman–Crippen MR) is 153 cm³/mol. The van der Waals surface area contributed by atoms with Gasteiger partial charge >= 0.3 is 0 Å². The summed E-state index contributed by atoms with van der Waals surface area (Å²) in [6, 6.07) is 18.1. The molecule has 204 valence electrons. The first kappa shape index (κ1) is 28.2. The Kier molecular flexibility index (Phi) is 11.3. The van der Waals surface area contributed by atoms with E-state index in [2.05, 4.69) is 52.9 Å². The molecule has 0 fully saturated rings. The van der Waals surface area contributed by atoms with Gasteiger partial charge in [-0.15, -0.1) is 0 Å². The SMILES string of the molecule is Cn1ccnc1C=NCCC(O)CCN(CCN(Cc1ccccn1)Cc1ccccn1)Cc1ccccn1. The number of imidazole rings is 1. The lowest BCUT2D eigenvalue weighted by atomic mass is 10.1. The first-order chi connectivity index (χ1) is 19.2. The topological polar surface area (TPSA) is 95.6 Å². The molecule has 39 heavy (non-hydrogen) atoms. The number of pyridine rings is 3. The smallest absolute Gasteiger partial charge is 0.150 e. The zero-order valence-corrected chi connectivity index (χ0v) is 22.6. The van der Waals surface area contributed by atoms with E-state index in [1.54, 1.807) is 12.4 Å². The Morgan fingerprint density at radius 2 is 1.31 bits per heavy atom. The molecule has 4 aromatic rings. The molecule has 0 radical (unpaired) electrons. The minimum atomic E-state index is -0.423. The van der Waals surface area contributed by atoms with Gasteiger partial charge < -0.3 is 9.67 Å². The third-order valence-electron chi connectivity index (χ3n) is 6.50. The minimum absolute atomic E-state index is 0.423. The van der Waals surface area contributed by atoms with E-state index in [1.165, 1.54) is 0 Å². The van der Waals surface area contributed by atoms with Crippen molar-refractivity contribution in [3.8, 4) is 0 Å². The molecule has 0 saturated heterocycles. The van der Waals surface area contributed by atoms with Gasteiger partial charge in [-0.05, 0) is 49.2 Å². The molecule has 0 aliphatic rings. The summed E-state index contributed by atoms with van der Waals surface area (Å²) in [7, 11) is 1.94. The number of nitrogens with zero attached hydrogens (tertiary/aromatic N) is 8. The third-order valence-corrected chi connectivity index (χ3v) is 6.50. The van der Waals surface area contributed by atoms with Crippen LogP contribution in [0.3, 0.4) is 0 Å². The molecule has 0 spiro atoms. The van der Waals surface area contributed by atoms with Crippen LogP contribution in [0.25, 0.3) is 0 Å². The number of aryl methyl sites for hydroxylation is 1. The summed E-state index contributed by atoms with van der Waals surface area (Å²) in [6.07, 6.45) is 11.8. The van der Waals surface area contributed by atoms with E-state index >= 15 is 0 Å². The molecule has 9 nitrogen and oxygen atoms in total. The third kappa shape index (κ3) is 10.1.